The minimum atomic E-state index is -0.336. The summed E-state index contributed by atoms with van der Waals surface area (Å²) in [5, 5.41) is 3.18. The van der Waals surface area contributed by atoms with Crippen molar-refractivity contribution in [3.05, 3.63) is 36.8 Å². The molecule has 3 heterocycles. The first kappa shape index (κ1) is 17.1. The summed E-state index contributed by atoms with van der Waals surface area (Å²) in [6.45, 7) is 8.83. The van der Waals surface area contributed by atoms with Crippen LogP contribution in [0.2, 0.25) is 0 Å². The second-order valence-electron chi connectivity index (χ2n) is 7.13. The zero-order valence-corrected chi connectivity index (χ0v) is 14.9. The number of pyridine rings is 1. The molecule has 0 bridgehead atoms. The Morgan fingerprint density at radius 1 is 1.04 bits per heavy atom. The molecule has 2 aromatic rings. The zero-order chi connectivity index (χ0) is 17.9. The number of carbonyl (C=O) groups is 1. The Labute approximate surface area is 148 Å². The SMILES string of the molecule is CC(C)(C)C(=O)N1CCN(c2cc(Nc3ccccn3)ncn2)CC1. The average Bonchev–Trinajstić information content (AvgIpc) is 2.61. The topological polar surface area (TPSA) is 74.2 Å². The molecule has 7 heteroatoms. The van der Waals surface area contributed by atoms with Gasteiger partial charge in [-0.25, -0.2) is 15.0 Å². The van der Waals surface area contributed by atoms with Crippen molar-refractivity contribution in [2.75, 3.05) is 36.4 Å². The fourth-order valence-corrected chi connectivity index (χ4v) is 2.77. The van der Waals surface area contributed by atoms with Crippen LogP contribution < -0.4 is 10.2 Å². The summed E-state index contributed by atoms with van der Waals surface area (Å²) in [5.41, 5.74) is -0.336. The largest absolute Gasteiger partial charge is 0.353 e. The van der Waals surface area contributed by atoms with Crippen molar-refractivity contribution in [1.82, 2.24) is 19.9 Å². The van der Waals surface area contributed by atoms with E-state index in [2.05, 4.69) is 25.2 Å². The predicted octanol–water partition coefficient (Wildman–Crippen LogP) is 2.31. The van der Waals surface area contributed by atoms with Crippen molar-refractivity contribution >= 4 is 23.4 Å². The summed E-state index contributed by atoms with van der Waals surface area (Å²) >= 11 is 0. The summed E-state index contributed by atoms with van der Waals surface area (Å²) in [5.74, 6) is 2.51. The zero-order valence-electron chi connectivity index (χ0n) is 14.9. The van der Waals surface area contributed by atoms with Gasteiger partial charge in [0.2, 0.25) is 5.91 Å². The van der Waals surface area contributed by atoms with E-state index in [1.54, 1.807) is 12.5 Å². The van der Waals surface area contributed by atoms with E-state index < -0.39 is 0 Å². The van der Waals surface area contributed by atoms with Gasteiger partial charge in [-0.2, -0.15) is 0 Å². The molecule has 1 aliphatic rings. The molecule has 25 heavy (non-hydrogen) atoms. The van der Waals surface area contributed by atoms with Gasteiger partial charge in [-0.1, -0.05) is 26.8 Å². The van der Waals surface area contributed by atoms with Crippen molar-refractivity contribution < 1.29 is 4.79 Å². The van der Waals surface area contributed by atoms with Crippen LogP contribution in [0.5, 0.6) is 0 Å². The molecule has 132 valence electrons. The van der Waals surface area contributed by atoms with Gasteiger partial charge in [-0.3, -0.25) is 4.79 Å². The van der Waals surface area contributed by atoms with Crippen LogP contribution >= 0.6 is 0 Å². The summed E-state index contributed by atoms with van der Waals surface area (Å²) in [6.07, 6.45) is 3.28. The highest BCUT2D eigenvalue weighted by molar-refractivity contribution is 5.81. The van der Waals surface area contributed by atoms with Gasteiger partial charge in [0.25, 0.3) is 0 Å². The Morgan fingerprint density at radius 3 is 2.44 bits per heavy atom. The second kappa shape index (κ2) is 7.04. The van der Waals surface area contributed by atoms with E-state index in [4.69, 9.17) is 0 Å². The van der Waals surface area contributed by atoms with Crippen LogP contribution in [0.15, 0.2) is 36.8 Å². The first-order valence-electron chi connectivity index (χ1n) is 8.48. The smallest absolute Gasteiger partial charge is 0.228 e. The molecule has 0 atom stereocenters. The fourth-order valence-electron chi connectivity index (χ4n) is 2.77. The molecule has 1 amide bonds. The minimum Gasteiger partial charge on any atom is -0.353 e. The van der Waals surface area contributed by atoms with Crippen LogP contribution in [0.4, 0.5) is 17.5 Å². The first-order valence-corrected chi connectivity index (χ1v) is 8.48. The Bertz CT molecular complexity index is 720. The Balaban J connectivity index is 1.64. The summed E-state index contributed by atoms with van der Waals surface area (Å²) in [4.78, 5) is 29.4. The van der Waals surface area contributed by atoms with Gasteiger partial charge in [-0.15, -0.1) is 0 Å². The number of aromatic nitrogens is 3. The molecule has 0 saturated carbocycles. The third kappa shape index (κ3) is 4.23. The Morgan fingerprint density at radius 2 is 1.80 bits per heavy atom. The number of nitrogens with one attached hydrogen (secondary N) is 1. The summed E-state index contributed by atoms with van der Waals surface area (Å²) in [7, 11) is 0. The fraction of sp³-hybridized carbons (Fsp3) is 0.444. The number of piperazine rings is 1. The van der Waals surface area contributed by atoms with E-state index in [-0.39, 0.29) is 11.3 Å². The lowest BCUT2D eigenvalue weighted by atomic mass is 9.94. The van der Waals surface area contributed by atoms with Gasteiger partial charge in [-0.05, 0) is 12.1 Å². The third-order valence-corrected chi connectivity index (χ3v) is 4.11. The van der Waals surface area contributed by atoms with Crippen molar-refractivity contribution in [3.8, 4) is 0 Å². The number of amides is 1. The summed E-state index contributed by atoms with van der Waals surface area (Å²) < 4.78 is 0. The highest BCUT2D eigenvalue weighted by Crippen LogP contribution is 2.21. The molecule has 3 rings (SSSR count). The standard InChI is InChI=1S/C18H24N6O/c1-18(2,3)17(25)24-10-8-23(9-11-24)16-12-15(20-13-21-16)22-14-6-4-5-7-19-14/h4-7,12-13H,8-11H2,1-3H3,(H,19,20,21,22). The molecule has 1 aliphatic heterocycles. The van der Waals surface area contributed by atoms with Gasteiger partial charge < -0.3 is 15.1 Å². The van der Waals surface area contributed by atoms with Crippen LogP contribution in [0.1, 0.15) is 20.8 Å². The maximum Gasteiger partial charge on any atom is 0.228 e. The van der Waals surface area contributed by atoms with Gasteiger partial charge in [0, 0.05) is 43.9 Å². The molecule has 0 spiro atoms. The van der Waals surface area contributed by atoms with Crippen LogP contribution in [-0.2, 0) is 4.79 Å². The van der Waals surface area contributed by atoms with Crippen molar-refractivity contribution in [2.45, 2.75) is 20.8 Å². The number of nitrogens with zero attached hydrogens (tertiary/aromatic N) is 5. The van der Waals surface area contributed by atoms with Crippen LogP contribution in [-0.4, -0.2) is 51.9 Å². The van der Waals surface area contributed by atoms with Gasteiger partial charge >= 0.3 is 0 Å². The lowest BCUT2D eigenvalue weighted by Crippen LogP contribution is -2.51. The monoisotopic (exact) mass is 340 g/mol. The molecule has 2 aromatic heterocycles. The molecule has 1 N–H and O–H groups in total. The second-order valence-corrected chi connectivity index (χ2v) is 7.13. The number of hydrogen-bond acceptors (Lipinski definition) is 6. The van der Waals surface area contributed by atoms with E-state index in [0.29, 0.717) is 18.9 Å². The molecule has 0 aromatic carbocycles. The molecule has 0 aliphatic carbocycles. The van der Waals surface area contributed by atoms with E-state index >= 15 is 0 Å². The third-order valence-electron chi connectivity index (χ3n) is 4.11. The van der Waals surface area contributed by atoms with Crippen molar-refractivity contribution in [1.29, 1.82) is 0 Å². The normalized spacial score (nSPS) is 15.2. The molecule has 0 radical (unpaired) electrons. The Kier molecular flexibility index (Phi) is 4.83. The number of anilines is 3. The molecule has 1 fully saturated rings. The quantitative estimate of drug-likeness (QED) is 0.924. The van der Waals surface area contributed by atoms with Crippen LogP contribution in [0, 0.1) is 5.41 Å². The van der Waals surface area contributed by atoms with Gasteiger partial charge in [0.15, 0.2) is 0 Å². The highest BCUT2D eigenvalue weighted by Gasteiger charge is 2.29. The first-order chi connectivity index (χ1) is 11.9. The van der Waals surface area contributed by atoms with Crippen LogP contribution in [0.25, 0.3) is 0 Å². The molecule has 1 saturated heterocycles. The maximum absolute atomic E-state index is 12.4. The molecular formula is C18H24N6O. The molecular weight excluding hydrogens is 316 g/mol. The van der Waals surface area contributed by atoms with Crippen LogP contribution in [0.3, 0.4) is 0 Å². The Hall–Kier alpha value is -2.70. The minimum absolute atomic E-state index is 0.201. The average molecular weight is 340 g/mol. The van der Waals surface area contributed by atoms with E-state index in [9.17, 15) is 4.79 Å². The lowest BCUT2D eigenvalue weighted by Gasteiger charge is -2.38. The van der Waals surface area contributed by atoms with E-state index in [0.717, 1.165) is 24.7 Å². The molecule has 7 nitrogen and oxygen atoms in total. The number of carbonyl (C=O) groups excluding carboxylic acids is 1. The predicted molar refractivity (Wildman–Crippen MR) is 97.8 cm³/mol. The van der Waals surface area contributed by atoms with Crippen molar-refractivity contribution in [2.24, 2.45) is 5.41 Å². The van der Waals surface area contributed by atoms with E-state index in [1.165, 1.54) is 0 Å². The molecule has 0 unspecified atom stereocenters. The van der Waals surface area contributed by atoms with Gasteiger partial charge in [0.1, 0.15) is 23.8 Å². The van der Waals surface area contributed by atoms with Gasteiger partial charge in [0.05, 0.1) is 0 Å². The van der Waals surface area contributed by atoms with Crippen molar-refractivity contribution in [3.63, 3.8) is 0 Å². The maximum atomic E-state index is 12.4. The summed E-state index contributed by atoms with van der Waals surface area (Å²) in [6, 6.07) is 7.59. The number of hydrogen-bond donors (Lipinski definition) is 1. The number of rotatable bonds is 3. The van der Waals surface area contributed by atoms with E-state index in [1.807, 2.05) is 49.9 Å². The lowest BCUT2D eigenvalue weighted by molar-refractivity contribution is -0.139. The highest BCUT2D eigenvalue weighted by atomic mass is 16.2.